The van der Waals surface area contributed by atoms with Crippen molar-refractivity contribution in [2.24, 2.45) is 5.92 Å². The Morgan fingerprint density at radius 1 is 1.45 bits per heavy atom. The van der Waals surface area contributed by atoms with Crippen molar-refractivity contribution in [3.05, 3.63) is 23.8 Å². The van der Waals surface area contributed by atoms with Crippen LogP contribution in [0.3, 0.4) is 0 Å². The molecule has 1 fully saturated rings. The van der Waals surface area contributed by atoms with Crippen molar-refractivity contribution in [3.63, 3.8) is 0 Å². The molecule has 6 heteroatoms. The number of hydrogen-bond acceptors (Lipinski definition) is 4. The van der Waals surface area contributed by atoms with Gasteiger partial charge in [0.2, 0.25) is 10.0 Å². The molecule has 1 heterocycles. The average molecular weight is 298 g/mol. The van der Waals surface area contributed by atoms with Crippen molar-refractivity contribution >= 4 is 10.0 Å². The van der Waals surface area contributed by atoms with Crippen LogP contribution < -0.4 is 10.1 Å². The Morgan fingerprint density at radius 3 is 2.80 bits per heavy atom. The van der Waals surface area contributed by atoms with Crippen LogP contribution in [-0.2, 0) is 10.0 Å². The molecule has 0 amide bonds. The minimum absolute atomic E-state index is 0.348. The summed E-state index contributed by atoms with van der Waals surface area (Å²) >= 11 is 0. The summed E-state index contributed by atoms with van der Waals surface area (Å²) in [5.74, 6) is 1.10. The van der Waals surface area contributed by atoms with Crippen molar-refractivity contribution < 1.29 is 13.2 Å². The molecule has 0 radical (unpaired) electrons. The van der Waals surface area contributed by atoms with Crippen molar-refractivity contribution in [2.75, 3.05) is 33.8 Å². The summed E-state index contributed by atoms with van der Waals surface area (Å²) in [5, 5.41) is 3.11. The fourth-order valence-corrected chi connectivity index (χ4v) is 4.25. The van der Waals surface area contributed by atoms with Crippen LogP contribution in [0.2, 0.25) is 0 Å². The smallest absolute Gasteiger partial charge is 0.243 e. The van der Waals surface area contributed by atoms with E-state index in [4.69, 9.17) is 4.74 Å². The van der Waals surface area contributed by atoms with E-state index in [-0.39, 0.29) is 0 Å². The average Bonchev–Trinajstić information content (AvgIpc) is 2.88. The molecule has 1 aromatic rings. The molecule has 0 unspecified atom stereocenters. The number of hydrogen-bond donors (Lipinski definition) is 1. The van der Waals surface area contributed by atoms with Crippen LogP contribution >= 0.6 is 0 Å². The SMILES string of the molecule is CNC[C@H]1CCN(S(=O)(=O)c2ccc(OC)c(C)c2)C1. The minimum atomic E-state index is -3.39. The first-order valence-corrected chi connectivity index (χ1v) is 8.22. The van der Waals surface area contributed by atoms with Crippen LogP contribution in [0.4, 0.5) is 0 Å². The van der Waals surface area contributed by atoms with Gasteiger partial charge < -0.3 is 10.1 Å². The molecule has 20 heavy (non-hydrogen) atoms. The molecule has 112 valence electrons. The van der Waals surface area contributed by atoms with Gasteiger partial charge in [-0.05, 0) is 56.6 Å². The summed E-state index contributed by atoms with van der Waals surface area (Å²) in [7, 11) is 0.0881. The molecule has 1 N–H and O–H groups in total. The number of benzene rings is 1. The van der Waals surface area contributed by atoms with Crippen LogP contribution in [0.5, 0.6) is 5.75 Å². The number of methoxy groups -OCH3 is 1. The van der Waals surface area contributed by atoms with Gasteiger partial charge in [0.15, 0.2) is 0 Å². The second kappa shape index (κ2) is 6.11. The third kappa shape index (κ3) is 2.97. The molecule has 0 aliphatic carbocycles. The number of aryl methyl sites for hydroxylation is 1. The lowest BCUT2D eigenvalue weighted by Crippen LogP contribution is -2.30. The summed E-state index contributed by atoms with van der Waals surface area (Å²) in [6.45, 7) is 3.90. The van der Waals surface area contributed by atoms with Crippen molar-refractivity contribution in [2.45, 2.75) is 18.2 Å². The molecule has 0 spiro atoms. The number of ether oxygens (including phenoxy) is 1. The first-order chi connectivity index (χ1) is 9.48. The summed E-state index contributed by atoms with van der Waals surface area (Å²) in [6.07, 6.45) is 0.912. The van der Waals surface area contributed by atoms with Gasteiger partial charge in [-0.2, -0.15) is 4.31 Å². The number of rotatable bonds is 5. The molecule has 0 saturated carbocycles. The van der Waals surface area contributed by atoms with E-state index in [1.165, 1.54) is 0 Å². The second-order valence-electron chi connectivity index (χ2n) is 5.21. The van der Waals surface area contributed by atoms with Gasteiger partial charge in [0.1, 0.15) is 5.75 Å². The first-order valence-electron chi connectivity index (χ1n) is 6.78. The maximum atomic E-state index is 12.6. The van der Waals surface area contributed by atoms with E-state index in [1.807, 2.05) is 14.0 Å². The molecule has 1 aliphatic rings. The van der Waals surface area contributed by atoms with Gasteiger partial charge in [-0.25, -0.2) is 8.42 Å². The van der Waals surface area contributed by atoms with Crippen LogP contribution in [-0.4, -0.2) is 46.5 Å². The molecule has 1 saturated heterocycles. The summed E-state index contributed by atoms with van der Waals surface area (Å²) in [5.41, 5.74) is 0.833. The Kier molecular flexibility index (Phi) is 4.67. The standard InChI is InChI=1S/C14H22N2O3S/c1-11-8-13(4-5-14(11)19-3)20(17,18)16-7-6-12(10-16)9-15-2/h4-5,8,12,15H,6-7,9-10H2,1-3H3/t12-/m1/s1. The fraction of sp³-hybridized carbons (Fsp3) is 0.571. The topological polar surface area (TPSA) is 58.6 Å². The number of nitrogens with zero attached hydrogens (tertiary/aromatic N) is 1. The van der Waals surface area contributed by atoms with E-state index in [1.54, 1.807) is 29.6 Å². The highest BCUT2D eigenvalue weighted by Crippen LogP contribution is 2.27. The zero-order valence-corrected chi connectivity index (χ0v) is 13.0. The van der Waals surface area contributed by atoms with Gasteiger partial charge in [-0.1, -0.05) is 0 Å². The maximum absolute atomic E-state index is 12.6. The molecule has 1 aliphatic heterocycles. The Labute approximate surface area is 121 Å². The summed E-state index contributed by atoms with van der Waals surface area (Å²) in [6, 6.07) is 5.01. The van der Waals surface area contributed by atoms with E-state index in [9.17, 15) is 8.42 Å². The van der Waals surface area contributed by atoms with Crippen molar-refractivity contribution in [3.8, 4) is 5.75 Å². The van der Waals surface area contributed by atoms with Gasteiger partial charge in [0.05, 0.1) is 12.0 Å². The molecule has 2 rings (SSSR count). The third-order valence-corrected chi connectivity index (χ3v) is 5.61. The van der Waals surface area contributed by atoms with Crippen LogP contribution in [0.15, 0.2) is 23.1 Å². The zero-order valence-electron chi connectivity index (χ0n) is 12.2. The third-order valence-electron chi connectivity index (χ3n) is 3.75. The lowest BCUT2D eigenvalue weighted by atomic mass is 10.1. The van der Waals surface area contributed by atoms with Gasteiger partial charge >= 0.3 is 0 Å². The van der Waals surface area contributed by atoms with Crippen LogP contribution in [0, 0.1) is 12.8 Å². The molecular weight excluding hydrogens is 276 g/mol. The highest BCUT2D eigenvalue weighted by Gasteiger charge is 2.32. The van der Waals surface area contributed by atoms with E-state index < -0.39 is 10.0 Å². The predicted octanol–water partition coefficient (Wildman–Crippen LogP) is 1.23. The molecule has 1 aromatic carbocycles. The van der Waals surface area contributed by atoms with Gasteiger partial charge in [-0.3, -0.25) is 0 Å². The second-order valence-corrected chi connectivity index (χ2v) is 7.14. The van der Waals surface area contributed by atoms with Gasteiger partial charge in [0.25, 0.3) is 0 Å². The minimum Gasteiger partial charge on any atom is -0.496 e. The van der Waals surface area contributed by atoms with Crippen LogP contribution in [0.1, 0.15) is 12.0 Å². The normalized spacial score (nSPS) is 20.2. The van der Waals surface area contributed by atoms with E-state index in [0.717, 1.165) is 18.5 Å². The van der Waals surface area contributed by atoms with Gasteiger partial charge in [-0.15, -0.1) is 0 Å². The molecule has 5 nitrogen and oxygen atoms in total. The molecule has 1 atom stereocenters. The quantitative estimate of drug-likeness (QED) is 0.888. The lowest BCUT2D eigenvalue weighted by Gasteiger charge is -2.17. The van der Waals surface area contributed by atoms with Gasteiger partial charge in [0, 0.05) is 13.1 Å². The monoisotopic (exact) mass is 298 g/mol. The Morgan fingerprint density at radius 2 is 2.20 bits per heavy atom. The lowest BCUT2D eigenvalue weighted by molar-refractivity contribution is 0.411. The highest BCUT2D eigenvalue weighted by atomic mass is 32.2. The Balaban J connectivity index is 2.21. The fourth-order valence-electron chi connectivity index (χ4n) is 2.63. The number of sulfonamides is 1. The van der Waals surface area contributed by atoms with Crippen LogP contribution in [0.25, 0.3) is 0 Å². The summed E-state index contributed by atoms with van der Waals surface area (Å²) in [4.78, 5) is 0.348. The summed E-state index contributed by atoms with van der Waals surface area (Å²) < 4.78 is 32.0. The van der Waals surface area contributed by atoms with E-state index in [0.29, 0.717) is 29.7 Å². The highest BCUT2D eigenvalue weighted by molar-refractivity contribution is 7.89. The molecule has 0 bridgehead atoms. The van der Waals surface area contributed by atoms with Crippen molar-refractivity contribution in [1.82, 2.24) is 9.62 Å². The Hall–Kier alpha value is -1.11. The predicted molar refractivity (Wildman–Crippen MR) is 78.5 cm³/mol. The molecular formula is C14H22N2O3S. The largest absolute Gasteiger partial charge is 0.496 e. The van der Waals surface area contributed by atoms with E-state index >= 15 is 0 Å². The molecule has 0 aromatic heterocycles. The zero-order chi connectivity index (χ0) is 14.8. The Bertz CT molecular complexity index is 572. The van der Waals surface area contributed by atoms with Crippen molar-refractivity contribution in [1.29, 1.82) is 0 Å². The van der Waals surface area contributed by atoms with E-state index in [2.05, 4.69) is 5.32 Å². The number of nitrogens with one attached hydrogen (secondary N) is 1. The first kappa shape index (κ1) is 15.3. The maximum Gasteiger partial charge on any atom is 0.243 e.